The van der Waals surface area contributed by atoms with Gasteiger partial charge in [0.2, 0.25) is 0 Å². The Morgan fingerprint density at radius 1 is 1.27 bits per heavy atom. The molecule has 2 unspecified atom stereocenters. The van der Waals surface area contributed by atoms with Crippen molar-refractivity contribution in [1.29, 1.82) is 0 Å². The van der Waals surface area contributed by atoms with E-state index in [0.717, 1.165) is 21.3 Å². The highest BCUT2D eigenvalue weighted by Crippen LogP contribution is 2.43. The van der Waals surface area contributed by atoms with E-state index in [2.05, 4.69) is 15.9 Å². The first-order chi connectivity index (χ1) is 12.5. The number of rotatable bonds is 6. The molecule has 138 valence electrons. The van der Waals surface area contributed by atoms with Crippen molar-refractivity contribution in [3.05, 3.63) is 63.6 Å². The number of fused-ring (bicyclic) bond motifs is 1. The fourth-order valence-electron chi connectivity index (χ4n) is 3.52. The van der Waals surface area contributed by atoms with Crippen molar-refractivity contribution in [2.75, 3.05) is 13.7 Å². The van der Waals surface area contributed by atoms with E-state index in [1.54, 1.807) is 12.0 Å². The van der Waals surface area contributed by atoms with Gasteiger partial charge in [-0.25, -0.2) is 0 Å². The normalized spacial score (nSPS) is 18.6. The van der Waals surface area contributed by atoms with Gasteiger partial charge in [0.1, 0.15) is 5.75 Å². The van der Waals surface area contributed by atoms with Gasteiger partial charge >= 0.3 is 0 Å². The average molecular weight is 420 g/mol. The third kappa shape index (κ3) is 3.49. The third-order valence-corrected chi connectivity index (χ3v) is 5.37. The molecular formula is C20H22BrNO4. The lowest BCUT2D eigenvalue weighted by atomic mass is 9.98. The predicted octanol–water partition coefficient (Wildman–Crippen LogP) is 3.46. The van der Waals surface area contributed by atoms with Crippen molar-refractivity contribution in [3.63, 3.8) is 0 Å². The lowest BCUT2D eigenvalue weighted by molar-refractivity contribution is 0.0409. The number of ether oxygens (including phenoxy) is 1. The number of aliphatic hydroxyl groups excluding tert-OH is 2. The van der Waals surface area contributed by atoms with E-state index >= 15 is 0 Å². The molecule has 0 fully saturated rings. The number of nitrogens with zero attached hydrogens (tertiary/aromatic N) is 1. The summed E-state index contributed by atoms with van der Waals surface area (Å²) >= 11 is 3.42. The molecule has 0 aromatic heterocycles. The summed E-state index contributed by atoms with van der Waals surface area (Å²) in [6.45, 7) is 1.63. The molecule has 2 aromatic rings. The predicted molar refractivity (Wildman–Crippen MR) is 102 cm³/mol. The van der Waals surface area contributed by atoms with Gasteiger partial charge in [-0.15, -0.1) is 0 Å². The topological polar surface area (TPSA) is 70.0 Å². The highest BCUT2D eigenvalue weighted by Gasteiger charge is 2.40. The molecule has 1 amide bonds. The minimum Gasteiger partial charge on any atom is -0.497 e. The van der Waals surface area contributed by atoms with E-state index in [9.17, 15) is 15.0 Å². The number of carbonyl (C=O) groups excluding carboxylic acids is 1. The van der Waals surface area contributed by atoms with Crippen LogP contribution >= 0.6 is 15.9 Å². The molecule has 0 spiro atoms. The zero-order chi connectivity index (χ0) is 18.8. The molecule has 3 atom stereocenters. The fourth-order valence-corrected chi connectivity index (χ4v) is 3.88. The Hall–Kier alpha value is -1.89. The number of benzene rings is 2. The number of aliphatic hydroxyl groups is 2. The van der Waals surface area contributed by atoms with Crippen LogP contribution in [0.15, 0.2) is 46.9 Å². The molecule has 1 aliphatic heterocycles. The second-order valence-electron chi connectivity index (χ2n) is 6.48. The Labute approximate surface area is 161 Å². The highest BCUT2D eigenvalue weighted by atomic mass is 79.9. The molecule has 2 N–H and O–H groups in total. The highest BCUT2D eigenvalue weighted by molar-refractivity contribution is 9.10. The summed E-state index contributed by atoms with van der Waals surface area (Å²) in [5.41, 5.74) is 2.46. The Morgan fingerprint density at radius 3 is 2.73 bits per heavy atom. The first-order valence-corrected chi connectivity index (χ1v) is 9.30. The molecule has 0 bridgehead atoms. The minimum absolute atomic E-state index is 0.0771. The third-order valence-electron chi connectivity index (χ3n) is 4.87. The molecule has 0 aliphatic carbocycles. The van der Waals surface area contributed by atoms with Crippen molar-refractivity contribution in [1.82, 2.24) is 4.90 Å². The van der Waals surface area contributed by atoms with Gasteiger partial charge in [0.25, 0.3) is 5.91 Å². The Morgan fingerprint density at radius 2 is 2.04 bits per heavy atom. The number of hydrogen-bond acceptors (Lipinski definition) is 4. The summed E-state index contributed by atoms with van der Waals surface area (Å²) in [6.07, 6.45) is -0.604. The van der Waals surface area contributed by atoms with Gasteiger partial charge in [-0.05, 0) is 42.3 Å². The van der Waals surface area contributed by atoms with Crippen molar-refractivity contribution >= 4 is 21.8 Å². The van der Waals surface area contributed by atoms with Crippen molar-refractivity contribution in [2.24, 2.45) is 0 Å². The summed E-state index contributed by atoms with van der Waals surface area (Å²) < 4.78 is 6.13. The molecular weight excluding hydrogens is 398 g/mol. The largest absolute Gasteiger partial charge is 0.497 e. The molecule has 0 saturated heterocycles. The number of hydrogen-bond donors (Lipinski definition) is 2. The van der Waals surface area contributed by atoms with Gasteiger partial charge in [-0.2, -0.15) is 0 Å². The van der Waals surface area contributed by atoms with Crippen molar-refractivity contribution in [3.8, 4) is 5.75 Å². The lowest BCUT2D eigenvalue weighted by Crippen LogP contribution is -2.33. The van der Waals surface area contributed by atoms with Gasteiger partial charge in [0.15, 0.2) is 0 Å². The van der Waals surface area contributed by atoms with Crippen LogP contribution in [0.3, 0.4) is 0 Å². The maximum Gasteiger partial charge on any atom is 0.255 e. The SMILES string of the molecule is COc1cccc([C@@H](C)N2C(=O)c3cc(Br)ccc3C2CC(O)CO)c1. The molecule has 1 aliphatic rings. The summed E-state index contributed by atoms with van der Waals surface area (Å²) in [4.78, 5) is 14.9. The van der Waals surface area contributed by atoms with E-state index in [4.69, 9.17) is 4.74 Å². The molecule has 6 heteroatoms. The number of carbonyl (C=O) groups is 1. The van der Waals surface area contributed by atoms with Crippen molar-refractivity contribution < 1.29 is 19.7 Å². The van der Waals surface area contributed by atoms with Crippen LogP contribution in [0.25, 0.3) is 0 Å². The molecule has 3 rings (SSSR count). The van der Waals surface area contributed by atoms with Crippen LogP contribution in [0, 0.1) is 0 Å². The van der Waals surface area contributed by atoms with Crippen molar-refractivity contribution in [2.45, 2.75) is 31.5 Å². The molecule has 5 nitrogen and oxygen atoms in total. The fraction of sp³-hybridized carbons (Fsp3) is 0.350. The summed E-state index contributed by atoms with van der Waals surface area (Å²) in [6, 6.07) is 12.7. The van der Waals surface area contributed by atoms with Gasteiger partial charge < -0.3 is 19.8 Å². The summed E-state index contributed by atoms with van der Waals surface area (Å²) in [7, 11) is 1.61. The number of methoxy groups -OCH3 is 1. The number of halogens is 1. The van der Waals surface area contributed by atoms with Crippen LogP contribution in [-0.4, -0.2) is 40.8 Å². The first kappa shape index (κ1) is 18.9. The van der Waals surface area contributed by atoms with Crippen LogP contribution in [0.4, 0.5) is 0 Å². The van der Waals surface area contributed by atoms with Crippen LogP contribution in [0.5, 0.6) is 5.75 Å². The summed E-state index contributed by atoms with van der Waals surface area (Å²) in [5, 5.41) is 19.3. The van der Waals surface area contributed by atoms with Crippen LogP contribution < -0.4 is 4.74 Å². The minimum atomic E-state index is -0.887. The Kier molecular flexibility index (Phi) is 5.65. The van der Waals surface area contributed by atoms with Gasteiger partial charge in [0, 0.05) is 16.5 Å². The second kappa shape index (κ2) is 7.78. The average Bonchev–Trinajstić information content (AvgIpc) is 2.92. The zero-order valence-corrected chi connectivity index (χ0v) is 16.3. The van der Waals surface area contributed by atoms with Gasteiger partial charge in [0.05, 0.1) is 31.9 Å². The molecule has 0 saturated carbocycles. The van der Waals surface area contributed by atoms with E-state index < -0.39 is 6.10 Å². The Bertz CT molecular complexity index is 810. The van der Waals surface area contributed by atoms with Gasteiger partial charge in [-0.3, -0.25) is 4.79 Å². The first-order valence-electron chi connectivity index (χ1n) is 8.51. The molecule has 26 heavy (non-hydrogen) atoms. The van der Waals surface area contributed by atoms with E-state index in [-0.39, 0.29) is 31.0 Å². The maximum atomic E-state index is 13.1. The Balaban J connectivity index is 2.01. The standard InChI is InChI=1S/C20H22BrNO4/c1-12(13-4-3-5-16(8-13)26-2)22-19(10-15(24)11-23)17-7-6-14(21)9-18(17)20(22)25/h3-9,12,15,19,23-24H,10-11H2,1-2H3/t12-,15?,19?/m1/s1. The monoisotopic (exact) mass is 419 g/mol. The maximum absolute atomic E-state index is 13.1. The smallest absolute Gasteiger partial charge is 0.255 e. The zero-order valence-electron chi connectivity index (χ0n) is 14.7. The lowest BCUT2D eigenvalue weighted by Gasteiger charge is -2.32. The van der Waals surface area contributed by atoms with E-state index in [1.165, 1.54) is 0 Å². The van der Waals surface area contributed by atoms with E-state index in [0.29, 0.717) is 5.56 Å². The molecule has 1 heterocycles. The van der Waals surface area contributed by atoms with Crippen LogP contribution in [0.1, 0.15) is 46.9 Å². The number of amides is 1. The molecule has 2 aromatic carbocycles. The quantitative estimate of drug-likeness (QED) is 0.751. The van der Waals surface area contributed by atoms with E-state index in [1.807, 2.05) is 49.4 Å². The summed E-state index contributed by atoms with van der Waals surface area (Å²) in [5.74, 6) is 0.653. The van der Waals surface area contributed by atoms with Crippen LogP contribution in [-0.2, 0) is 0 Å². The van der Waals surface area contributed by atoms with Crippen LogP contribution in [0.2, 0.25) is 0 Å². The molecule has 0 radical (unpaired) electrons. The second-order valence-corrected chi connectivity index (χ2v) is 7.40. The van der Waals surface area contributed by atoms with Gasteiger partial charge in [-0.1, -0.05) is 34.1 Å².